The molecule has 15 heavy (non-hydrogen) atoms. The van der Waals surface area contributed by atoms with Gasteiger partial charge in [0.25, 0.3) is 0 Å². The van der Waals surface area contributed by atoms with E-state index >= 15 is 0 Å². The van der Waals surface area contributed by atoms with Gasteiger partial charge in [-0.15, -0.1) is 0 Å². The van der Waals surface area contributed by atoms with Crippen molar-refractivity contribution in [1.29, 1.82) is 0 Å². The predicted octanol–water partition coefficient (Wildman–Crippen LogP) is 3.26. The van der Waals surface area contributed by atoms with Crippen molar-refractivity contribution < 1.29 is 4.79 Å². The van der Waals surface area contributed by atoms with Gasteiger partial charge in [-0.2, -0.15) is 0 Å². The molecule has 1 aromatic rings. The highest BCUT2D eigenvalue weighted by atomic mass is 16.1. The Morgan fingerprint density at radius 2 is 1.60 bits per heavy atom. The van der Waals surface area contributed by atoms with E-state index < -0.39 is 0 Å². The van der Waals surface area contributed by atoms with Crippen LogP contribution in [0.4, 0.5) is 0 Å². The van der Waals surface area contributed by atoms with Gasteiger partial charge in [0.05, 0.1) is 0 Å². The summed E-state index contributed by atoms with van der Waals surface area (Å²) in [5, 5.41) is 0. The molecule has 0 amide bonds. The van der Waals surface area contributed by atoms with Crippen LogP contribution in [-0.4, -0.2) is 6.29 Å². The second-order valence-electron chi connectivity index (χ2n) is 4.68. The minimum absolute atomic E-state index is 0.123. The Morgan fingerprint density at radius 3 is 2.07 bits per heavy atom. The first-order valence-corrected chi connectivity index (χ1v) is 5.65. The average Bonchev–Trinajstić information content (AvgIpc) is 2.20. The van der Waals surface area contributed by atoms with Crippen molar-refractivity contribution in [2.45, 2.75) is 33.6 Å². The summed E-state index contributed by atoms with van der Waals surface area (Å²) in [5.41, 5.74) is 2.71. The van der Waals surface area contributed by atoms with Crippen LogP contribution >= 0.6 is 0 Å². The minimum atomic E-state index is 0.123. The Morgan fingerprint density at radius 1 is 1.07 bits per heavy atom. The van der Waals surface area contributed by atoms with Crippen LogP contribution in [0.25, 0.3) is 0 Å². The Kier molecular flexibility index (Phi) is 4.54. The number of aldehydes is 1. The van der Waals surface area contributed by atoms with E-state index in [0.717, 1.165) is 19.1 Å². The molecule has 0 fully saturated rings. The van der Waals surface area contributed by atoms with Gasteiger partial charge in [-0.1, -0.05) is 45.0 Å². The fourth-order valence-electron chi connectivity index (χ4n) is 1.79. The maximum atomic E-state index is 10.6. The van der Waals surface area contributed by atoms with Crippen LogP contribution in [0.2, 0.25) is 0 Å². The quantitative estimate of drug-likeness (QED) is 0.673. The van der Waals surface area contributed by atoms with Crippen molar-refractivity contribution in [1.82, 2.24) is 0 Å². The van der Waals surface area contributed by atoms with Gasteiger partial charge in [-0.25, -0.2) is 0 Å². The Labute approximate surface area is 92.5 Å². The molecule has 0 aliphatic carbocycles. The summed E-state index contributed by atoms with van der Waals surface area (Å²) in [6.07, 6.45) is 3.00. The molecule has 0 heterocycles. The van der Waals surface area contributed by atoms with Gasteiger partial charge in [-0.05, 0) is 29.9 Å². The molecule has 1 rings (SSSR count). The van der Waals surface area contributed by atoms with E-state index in [1.54, 1.807) is 0 Å². The zero-order chi connectivity index (χ0) is 11.3. The van der Waals surface area contributed by atoms with Crippen molar-refractivity contribution in [3.05, 3.63) is 35.4 Å². The van der Waals surface area contributed by atoms with Gasteiger partial charge in [0.2, 0.25) is 0 Å². The molecule has 1 nitrogen and oxygen atoms in total. The van der Waals surface area contributed by atoms with Gasteiger partial charge >= 0.3 is 0 Å². The first kappa shape index (κ1) is 12.0. The summed E-state index contributed by atoms with van der Waals surface area (Å²) in [7, 11) is 0. The molecule has 1 heteroatoms. The van der Waals surface area contributed by atoms with E-state index in [2.05, 4.69) is 38.1 Å². The minimum Gasteiger partial charge on any atom is -0.303 e. The molecule has 0 radical (unpaired) electrons. The second kappa shape index (κ2) is 5.69. The predicted molar refractivity (Wildman–Crippen MR) is 63.9 cm³/mol. The Bertz CT molecular complexity index is 315. The molecule has 0 aliphatic heterocycles. The molecule has 0 aromatic heterocycles. The second-order valence-corrected chi connectivity index (χ2v) is 4.68. The first-order valence-electron chi connectivity index (χ1n) is 5.65. The Hall–Kier alpha value is -1.11. The molecule has 1 unspecified atom stereocenters. The summed E-state index contributed by atoms with van der Waals surface area (Å²) in [4.78, 5) is 10.6. The largest absolute Gasteiger partial charge is 0.303 e. The molecule has 1 atom stereocenters. The van der Waals surface area contributed by atoms with Crippen LogP contribution in [0.15, 0.2) is 24.3 Å². The molecule has 82 valence electrons. The van der Waals surface area contributed by atoms with Crippen LogP contribution in [0.3, 0.4) is 0 Å². The highest BCUT2D eigenvalue weighted by Crippen LogP contribution is 2.16. The van der Waals surface area contributed by atoms with E-state index in [1.807, 2.05) is 6.92 Å². The first-order chi connectivity index (χ1) is 7.13. The van der Waals surface area contributed by atoms with Crippen LogP contribution < -0.4 is 0 Å². The third-order valence-electron chi connectivity index (χ3n) is 2.52. The van der Waals surface area contributed by atoms with E-state index in [-0.39, 0.29) is 5.92 Å². The number of rotatable bonds is 5. The molecule has 0 saturated heterocycles. The van der Waals surface area contributed by atoms with Gasteiger partial charge in [-0.3, -0.25) is 0 Å². The van der Waals surface area contributed by atoms with Crippen molar-refractivity contribution in [3.8, 4) is 0 Å². The van der Waals surface area contributed by atoms with Crippen LogP contribution in [0.1, 0.15) is 31.9 Å². The molecule has 1 aromatic carbocycles. The number of hydrogen-bond donors (Lipinski definition) is 0. The lowest BCUT2D eigenvalue weighted by Crippen LogP contribution is -2.05. The van der Waals surface area contributed by atoms with Crippen LogP contribution in [0, 0.1) is 11.8 Å². The van der Waals surface area contributed by atoms with Gasteiger partial charge in [0, 0.05) is 5.92 Å². The fourth-order valence-corrected chi connectivity index (χ4v) is 1.79. The highest BCUT2D eigenvalue weighted by molar-refractivity contribution is 5.53. The van der Waals surface area contributed by atoms with Crippen LogP contribution in [0.5, 0.6) is 0 Å². The maximum absolute atomic E-state index is 10.6. The monoisotopic (exact) mass is 204 g/mol. The van der Waals surface area contributed by atoms with Crippen molar-refractivity contribution in [2.24, 2.45) is 11.8 Å². The molecule has 0 N–H and O–H groups in total. The van der Waals surface area contributed by atoms with Crippen molar-refractivity contribution in [3.63, 3.8) is 0 Å². The lowest BCUT2D eigenvalue weighted by Gasteiger charge is -2.12. The maximum Gasteiger partial charge on any atom is 0.123 e. The van der Waals surface area contributed by atoms with Crippen molar-refractivity contribution in [2.75, 3.05) is 0 Å². The normalized spacial score (nSPS) is 12.8. The summed E-state index contributed by atoms with van der Waals surface area (Å²) >= 11 is 0. The zero-order valence-electron chi connectivity index (χ0n) is 9.86. The molecular formula is C14H20O. The van der Waals surface area contributed by atoms with Gasteiger partial charge in [0.1, 0.15) is 6.29 Å². The standard InChI is InChI=1S/C14H20O/c1-11(2)8-13-6-4-5-7-14(13)9-12(3)10-15/h4-7,10-12H,8-9H2,1-3H3. The fraction of sp³-hybridized carbons (Fsp3) is 0.500. The Balaban J connectivity index is 2.81. The lowest BCUT2D eigenvalue weighted by atomic mass is 9.93. The lowest BCUT2D eigenvalue weighted by molar-refractivity contribution is -0.110. The molecule has 0 spiro atoms. The molecular weight excluding hydrogens is 184 g/mol. The third kappa shape index (κ3) is 3.86. The SMILES string of the molecule is CC(C)Cc1ccccc1CC(C)C=O. The van der Waals surface area contributed by atoms with Crippen LogP contribution in [-0.2, 0) is 17.6 Å². The number of benzene rings is 1. The number of carbonyl (C=O) groups is 1. The third-order valence-corrected chi connectivity index (χ3v) is 2.52. The van der Waals surface area contributed by atoms with Gasteiger partial charge < -0.3 is 4.79 Å². The average molecular weight is 204 g/mol. The summed E-state index contributed by atoms with van der Waals surface area (Å²) in [5.74, 6) is 0.788. The van der Waals surface area contributed by atoms with Gasteiger partial charge in [0.15, 0.2) is 0 Å². The van der Waals surface area contributed by atoms with E-state index in [9.17, 15) is 4.79 Å². The summed E-state index contributed by atoms with van der Waals surface area (Å²) in [6, 6.07) is 8.44. The summed E-state index contributed by atoms with van der Waals surface area (Å²) in [6.45, 7) is 6.42. The van der Waals surface area contributed by atoms with E-state index in [0.29, 0.717) is 5.92 Å². The molecule has 0 saturated carbocycles. The topological polar surface area (TPSA) is 17.1 Å². The van der Waals surface area contributed by atoms with E-state index in [4.69, 9.17) is 0 Å². The van der Waals surface area contributed by atoms with E-state index in [1.165, 1.54) is 11.1 Å². The highest BCUT2D eigenvalue weighted by Gasteiger charge is 2.07. The zero-order valence-corrected chi connectivity index (χ0v) is 9.86. The smallest absolute Gasteiger partial charge is 0.123 e. The summed E-state index contributed by atoms with van der Waals surface area (Å²) < 4.78 is 0. The molecule has 0 aliphatic rings. The molecule has 0 bridgehead atoms. The number of carbonyl (C=O) groups excluding carboxylic acids is 1. The number of hydrogen-bond acceptors (Lipinski definition) is 1. The van der Waals surface area contributed by atoms with Crippen molar-refractivity contribution >= 4 is 6.29 Å².